The molecule has 0 fully saturated rings. The average molecular weight is 386 g/mol. The molecule has 0 aliphatic rings. The van der Waals surface area contributed by atoms with Gasteiger partial charge in [-0.2, -0.15) is 0 Å². The number of halogens is 1. The largest absolute Gasteiger partial charge is 0.350 e. The van der Waals surface area contributed by atoms with Crippen LogP contribution < -0.4 is 16.6 Å². The number of carbonyl (C=O) groups is 2. The van der Waals surface area contributed by atoms with Gasteiger partial charge in [-0.1, -0.05) is 28.1 Å². The van der Waals surface area contributed by atoms with Gasteiger partial charge in [-0.05, 0) is 24.3 Å². The molecule has 4 N–H and O–H groups in total. The number of primary amides is 1. The topological polar surface area (TPSA) is 110 Å². The van der Waals surface area contributed by atoms with Crippen molar-refractivity contribution < 1.29 is 9.59 Å². The maximum Gasteiger partial charge on any atom is 0.330 e. The van der Waals surface area contributed by atoms with Crippen LogP contribution in [0.4, 0.5) is 4.79 Å². The first kappa shape index (κ1) is 15.9. The first-order valence-corrected chi connectivity index (χ1v) is 7.70. The highest BCUT2D eigenvalue weighted by Crippen LogP contribution is 2.25. The van der Waals surface area contributed by atoms with Crippen molar-refractivity contribution in [2.45, 2.75) is 0 Å². The van der Waals surface area contributed by atoms with Crippen LogP contribution in [0.1, 0.15) is 10.4 Å². The second-order valence-electron chi connectivity index (χ2n) is 4.90. The maximum absolute atomic E-state index is 12.4. The lowest BCUT2D eigenvalue weighted by Gasteiger charge is -2.10. The van der Waals surface area contributed by atoms with E-state index in [2.05, 4.69) is 36.7 Å². The smallest absolute Gasteiger partial charge is 0.330 e. The highest BCUT2D eigenvalue weighted by Gasteiger charge is 2.14. The Labute approximate surface area is 145 Å². The Morgan fingerprint density at radius 1 is 1.08 bits per heavy atom. The average Bonchev–Trinajstić information content (AvgIpc) is 2.59. The Hall–Kier alpha value is -3.00. The second kappa shape index (κ2) is 6.63. The standard InChI is InChI=1S/C16H12BrN5O2/c17-10-3-1-9(2-4-10)14-7-11(15(23)21-22-16(18)24)12-8-19-6-5-13(12)20-14/h1-8H,(H,21,23)(H3,18,22,24). The predicted octanol–water partition coefficient (Wildman–Crippen LogP) is 2.37. The minimum Gasteiger partial charge on any atom is -0.350 e. The molecule has 0 unspecified atom stereocenters. The van der Waals surface area contributed by atoms with E-state index in [0.29, 0.717) is 22.2 Å². The number of fused-ring (bicyclic) bond motifs is 1. The van der Waals surface area contributed by atoms with E-state index in [4.69, 9.17) is 5.73 Å². The molecule has 120 valence electrons. The van der Waals surface area contributed by atoms with Crippen molar-refractivity contribution in [1.29, 1.82) is 0 Å². The Morgan fingerprint density at radius 3 is 2.54 bits per heavy atom. The molecule has 1 aromatic carbocycles. The van der Waals surface area contributed by atoms with Gasteiger partial charge in [-0.3, -0.25) is 15.2 Å². The van der Waals surface area contributed by atoms with Crippen molar-refractivity contribution in [3.05, 3.63) is 58.8 Å². The molecule has 3 amide bonds. The van der Waals surface area contributed by atoms with Gasteiger partial charge in [0, 0.05) is 27.8 Å². The van der Waals surface area contributed by atoms with Crippen LogP contribution in [0, 0.1) is 0 Å². The van der Waals surface area contributed by atoms with Crippen LogP contribution in [0.3, 0.4) is 0 Å². The summed E-state index contributed by atoms with van der Waals surface area (Å²) in [6.07, 6.45) is 3.15. The highest BCUT2D eigenvalue weighted by atomic mass is 79.9. The zero-order valence-corrected chi connectivity index (χ0v) is 13.9. The summed E-state index contributed by atoms with van der Waals surface area (Å²) in [5.41, 5.74) is 11.7. The van der Waals surface area contributed by atoms with E-state index in [0.717, 1.165) is 10.0 Å². The molecule has 7 nitrogen and oxygen atoms in total. The number of rotatable bonds is 2. The van der Waals surface area contributed by atoms with Crippen LogP contribution in [0.2, 0.25) is 0 Å². The SMILES string of the molecule is NC(=O)NNC(=O)c1cc(-c2ccc(Br)cc2)nc2ccncc12. The van der Waals surface area contributed by atoms with Gasteiger partial charge in [0.2, 0.25) is 0 Å². The Morgan fingerprint density at radius 2 is 1.83 bits per heavy atom. The van der Waals surface area contributed by atoms with Gasteiger partial charge in [0.25, 0.3) is 5.91 Å². The van der Waals surface area contributed by atoms with E-state index in [-0.39, 0.29) is 0 Å². The number of nitrogens with one attached hydrogen (secondary N) is 2. The number of aromatic nitrogens is 2. The Kier molecular flexibility index (Phi) is 4.39. The molecular weight excluding hydrogens is 374 g/mol. The van der Waals surface area contributed by atoms with Gasteiger partial charge in [0.15, 0.2) is 0 Å². The third-order valence-electron chi connectivity index (χ3n) is 3.29. The quantitative estimate of drug-likeness (QED) is 0.588. The lowest BCUT2D eigenvalue weighted by Crippen LogP contribution is -2.44. The number of benzene rings is 1. The number of nitrogens with two attached hydrogens (primary N) is 1. The summed E-state index contributed by atoms with van der Waals surface area (Å²) >= 11 is 3.38. The number of nitrogens with zero attached hydrogens (tertiary/aromatic N) is 2. The molecule has 24 heavy (non-hydrogen) atoms. The predicted molar refractivity (Wildman–Crippen MR) is 92.9 cm³/mol. The first-order valence-electron chi connectivity index (χ1n) is 6.91. The van der Waals surface area contributed by atoms with Gasteiger partial charge in [0.1, 0.15) is 0 Å². The van der Waals surface area contributed by atoms with Crippen LogP contribution in [0.25, 0.3) is 22.2 Å². The van der Waals surface area contributed by atoms with Crippen LogP contribution in [-0.4, -0.2) is 21.9 Å². The molecule has 0 saturated carbocycles. The lowest BCUT2D eigenvalue weighted by atomic mass is 10.1. The molecule has 0 atom stereocenters. The van der Waals surface area contributed by atoms with Gasteiger partial charge >= 0.3 is 6.03 Å². The molecule has 2 heterocycles. The molecule has 3 rings (SSSR count). The molecular formula is C16H12BrN5O2. The summed E-state index contributed by atoms with van der Waals surface area (Å²) in [4.78, 5) is 31.7. The minimum absolute atomic E-state index is 0.333. The summed E-state index contributed by atoms with van der Waals surface area (Å²) in [6, 6.07) is 10.1. The van der Waals surface area contributed by atoms with E-state index in [1.807, 2.05) is 24.3 Å². The monoisotopic (exact) mass is 385 g/mol. The third-order valence-corrected chi connectivity index (χ3v) is 3.82. The minimum atomic E-state index is -0.854. The summed E-state index contributed by atoms with van der Waals surface area (Å²) < 4.78 is 0.944. The molecule has 0 spiro atoms. The summed E-state index contributed by atoms with van der Waals surface area (Å²) in [6.45, 7) is 0. The van der Waals surface area contributed by atoms with Crippen molar-refractivity contribution in [3.63, 3.8) is 0 Å². The number of urea groups is 1. The zero-order valence-electron chi connectivity index (χ0n) is 12.3. The van der Waals surface area contributed by atoms with E-state index in [1.54, 1.807) is 24.5 Å². The van der Waals surface area contributed by atoms with Crippen molar-refractivity contribution in [1.82, 2.24) is 20.8 Å². The number of hydrazine groups is 1. The molecule has 0 aliphatic heterocycles. The van der Waals surface area contributed by atoms with Crippen molar-refractivity contribution in [2.24, 2.45) is 5.73 Å². The van der Waals surface area contributed by atoms with E-state index in [9.17, 15) is 9.59 Å². The van der Waals surface area contributed by atoms with E-state index in [1.165, 1.54) is 0 Å². The second-order valence-corrected chi connectivity index (χ2v) is 5.81. The van der Waals surface area contributed by atoms with Crippen LogP contribution in [0.15, 0.2) is 53.3 Å². The normalized spacial score (nSPS) is 10.4. The van der Waals surface area contributed by atoms with Gasteiger partial charge in [-0.25, -0.2) is 15.2 Å². The molecule has 3 aromatic rings. The first-order chi connectivity index (χ1) is 11.5. The molecule has 0 bridgehead atoms. The fourth-order valence-corrected chi connectivity index (χ4v) is 2.48. The number of amides is 3. The highest BCUT2D eigenvalue weighted by molar-refractivity contribution is 9.10. The van der Waals surface area contributed by atoms with Gasteiger partial charge < -0.3 is 5.73 Å². The van der Waals surface area contributed by atoms with E-state index >= 15 is 0 Å². The number of hydrogen-bond acceptors (Lipinski definition) is 4. The third kappa shape index (κ3) is 3.33. The van der Waals surface area contributed by atoms with Crippen LogP contribution in [0.5, 0.6) is 0 Å². The molecule has 8 heteroatoms. The van der Waals surface area contributed by atoms with Gasteiger partial charge in [0.05, 0.1) is 16.8 Å². The lowest BCUT2D eigenvalue weighted by molar-refractivity contribution is 0.0939. The fraction of sp³-hybridized carbons (Fsp3) is 0. The molecule has 0 saturated heterocycles. The number of pyridine rings is 2. The number of carbonyl (C=O) groups excluding carboxylic acids is 2. The Bertz CT molecular complexity index is 927. The van der Waals surface area contributed by atoms with Crippen molar-refractivity contribution >= 4 is 38.8 Å². The van der Waals surface area contributed by atoms with E-state index < -0.39 is 11.9 Å². The van der Waals surface area contributed by atoms with Crippen LogP contribution >= 0.6 is 15.9 Å². The van der Waals surface area contributed by atoms with Crippen LogP contribution in [-0.2, 0) is 0 Å². The summed E-state index contributed by atoms with van der Waals surface area (Å²) in [7, 11) is 0. The zero-order chi connectivity index (χ0) is 17.1. The fourth-order valence-electron chi connectivity index (χ4n) is 2.21. The number of hydrogen-bond donors (Lipinski definition) is 3. The summed E-state index contributed by atoms with van der Waals surface area (Å²) in [5.74, 6) is -0.507. The molecule has 2 aromatic heterocycles. The van der Waals surface area contributed by atoms with Crippen molar-refractivity contribution in [2.75, 3.05) is 0 Å². The molecule has 0 radical (unpaired) electrons. The maximum atomic E-state index is 12.4. The van der Waals surface area contributed by atoms with Crippen molar-refractivity contribution in [3.8, 4) is 11.3 Å². The van der Waals surface area contributed by atoms with Gasteiger partial charge in [-0.15, -0.1) is 0 Å². The summed E-state index contributed by atoms with van der Waals surface area (Å²) in [5, 5.41) is 0.571. The molecule has 0 aliphatic carbocycles. The Balaban J connectivity index is 2.10.